The number of aromatic nitrogens is 2. The summed E-state index contributed by atoms with van der Waals surface area (Å²) in [7, 11) is 1.70. The fourth-order valence-corrected chi connectivity index (χ4v) is 2.94. The number of hydrogen-bond donors (Lipinski definition) is 1. The minimum absolute atomic E-state index is 0.310. The first-order chi connectivity index (χ1) is 8.60. The van der Waals surface area contributed by atoms with E-state index in [1.807, 2.05) is 18.2 Å². The third kappa shape index (κ3) is 3.20. The molecule has 94 valence electrons. The van der Waals surface area contributed by atoms with E-state index in [-0.39, 0.29) is 0 Å². The topological polar surface area (TPSA) is 37.8 Å². The molecule has 0 saturated heterocycles. The molecule has 0 spiro atoms. The smallest absolute Gasteiger partial charge is 0.225 e. The van der Waals surface area contributed by atoms with Gasteiger partial charge in [0.05, 0.1) is 4.90 Å². The molecule has 0 saturated carbocycles. The summed E-state index contributed by atoms with van der Waals surface area (Å²) in [6, 6.07) is 7.39. The van der Waals surface area contributed by atoms with Crippen molar-refractivity contribution < 1.29 is 0 Å². The zero-order valence-electron chi connectivity index (χ0n) is 9.25. The molecule has 0 unspecified atom stereocenters. The second-order valence-electron chi connectivity index (χ2n) is 3.27. The van der Waals surface area contributed by atoms with Crippen LogP contribution in [0.5, 0.6) is 0 Å². The third-order valence-electron chi connectivity index (χ3n) is 2.02. The van der Waals surface area contributed by atoms with Crippen molar-refractivity contribution in [3.05, 3.63) is 39.6 Å². The van der Waals surface area contributed by atoms with Gasteiger partial charge in [0.15, 0.2) is 0 Å². The molecule has 1 N–H and O–H groups in total. The molecule has 3 nitrogen and oxygen atoms in total. The monoisotopic (exact) mass is 319 g/mol. The highest BCUT2D eigenvalue weighted by Gasteiger charge is 2.12. The minimum Gasteiger partial charge on any atom is -0.357 e. The molecule has 0 bridgehead atoms. The van der Waals surface area contributed by atoms with Crippen molar-refractivity contribution in [2.45, 2.75) is 9.79 Å². The fraction of sp³-hybridized carbons (Fsp3) is 0.0909. The van der Waals surface area contributed by atoms with Crippen molar-refractivity contribution in [3.63, 3.8) is 0 Å². The van der Waals surface area contributed by atoms with Gasteiger partial charge in [-0.3, -0.25) is 0 Å². The molecule has 0 aliphatic rings. The van der Waals surface area contributed by atoms with E-state index in [0.717, 1.165) is 4.90 Å². The van der Waals surface area contributed by atoms with Crippen molar-refractivity contribution in [3.8, 4) is 0 Å². The number of nitrogens with one attached hydrogen (secondary N) is 1. The summed E-state index contributed by atoms with van der Waals surface area (Å²) in [6.45, 7) is 0. The molecule has 0 radical (unpaired) electrons. The Morgan fingerprint density at radius 1 is 1.11 bits per heavy atom. The average molecular weight is 321 g/mol. The van der Waals surface area contributed by atoms with E-state index in [2.05, 4.69) is 15.3 Å². The van der Waals surface area contributed by atoms with Crippen LogP contribution < -0.4 is 5.32 Å². The van der Waals surface area contributed by atoms with Gasteiger partial charge in [-0.15, -0.1) is 0 Å². The summed E-state index contributed by atoms with van der Waals surface area (Å²) in [4.78, 5) is 9.69. The van der Waals surface area contributed by atoms with Gasteiger partial charge in [-0.25, -0.2) is 0 Å². The number of halogens is 3. The van der Waals surface area contributed by atoms with Crippen LogP contribution in [0.1, 0.15) is 0 Å². The van der Waals surface area contributed by atoms with Gasteiger partial charge in [0.25, 0.3) is 0 Å². The Morgan fingerprint density at radius 3 is 2.33 bits per heavy atom. The lowest BCUT2D eigenvalue weighted by atomic mass is 10.4. The van der Waals surface area contributed by atoms with Crippen molar-refractivity contribution in [1.29, 1.82) is 0 Å². The van der Waals surface area contributed by atoms with Crippen molar-refractivity contribution in [1.82, 2.24) is 9.97 Å². The number of rotatable bonds is 3. The molecule has 2 rings (SSSR count). The van der Waals surface area contributed by atoms with Gasteiger partial charge in [-0.2, -0.15) is 9.97 Å². The first kappa shape index (κ1) is 13.7. The Balaban J connectivity index is 2.35. The molecule has 0 amide bonds. The molecule has 0 atom stereocenters. The van der Waals surface area contributed by atoms with E-state index in [1.54, 1.807) is 13.1 Å². The standard InChI is InChI=1S/C11H8Cl3N3S/c1-15-11-16-9(13)8(10(14)17-11)18-7-4-2-3-6(12)5-7/h2-5H,1H3,(H,15,16,17). The highest BCUT2D eigenvalue weighted by atomic mass is 35.5. The average Bonchev–Trinajstić information content (AvgIpc) is 2.33. The predicted octanol–water partition coefficient (Wildman–Crippen LogP) is 4.63. The second-order valence-corrected chi connectivity index (χ2v) is 5.50. The SMILES string of the molecule is CNc1nc(Cl)c(Sc2cccc(Cl)c2)c(Cl)n1. The Kier molecular flexibility index (Phi) is 4.56. The van der Waals surface area contributed by atoms with Crippen molar-refractivity contribution in [2.24, 2.45) is 0 Å². The van der Waals surface area contributed by atoms with Crippen LogP contribution in [0.15, 0.2) is 34.1 Å². The maximum absolute atomic E-state index is 6.07. The van der Waals surface area contributed by atoms with Gasteiger partial charge in [-0.1, -0.05) is 52.6 Å². The highest BCUT2D eigenvalue weighted by molar-refractivity contribution is 7.99. The molecule has 18 heavy (non-hydrogen) atoms. The Labute approximate surface area is 124 Å². The van der Waals surface area contributed by atoms with Crippen molar-refractivity contribution in [2.75, 3.05) is 12.4 Å². The summed E-state index contributed by atoms with van der Waals surface area (Å²) >= 11 is 19.4. The minimum atomic E-state index is 0.310. The highest BCUT2D eigenvalue weighted by Crippen LogP contribution is 2.37. The van der Waals surface area contributed by atoms with Crippen LogP contribution in [0.4, 0.5) is 5.95 Å². The van der Waals surface area contributed by atoms with E-state index in [0.29, 0.717) is 26.2 Å². The van der Waals surface area contributed by atoms with Crippen LogP contribution in [0, 0.1) is 0 Å². The molecular formula is C11H8Cl3N3S. The van der Waals surface area contributed by atoms with E-state index in [9.17, 15) is 0 Å². The summed E-state index contributed by atoms with van der Waals surface area (Å²) in [5.74, 6) is 0.389. The summed E-state index contributed by atoms with van der Waals surface area (Å²) < 4.78 is 0. The van der Waals surface area contributed by atoms with Crippen LogP contribution in [0.25, 0.3) is 0 Å². The second kappa shape index (κ2) is 5.97. The molecule has 0 aliphatic heterocycles. The normalized spacial score (nSPS) is 10.4. The Bertz CT molecular complexity index is 554. The lowest BCUT2D eigenvalue weighted by Crippen LogP contribution is -1.98. The summed E-state index contributed by atoms with van der Waals surface area (Å²) in [6.07, 6.45) is 0. The van der Waals surface area contributed by atoms with Gasteiger partial charge in [-0.05, 0) is 18.2 Å². The maximum atomic E-state index is 6.07. The van der Waals surface area contributed by atoms with Crippen molar-refractivity contribution >= 4 is 52.5 Å². The summed E-state index contributed by atoms with van der Waals surface area (Å²) in [5.41, 5.74) is 0. The van der Waals surface area contributed by atoms with E-state index >= 15 is 0 Å². The third-order valence-corrected chi connectivity index (χ3v) is 4.11. The first-order valence-electron chi connectivity index (χ1n) is 4.94. The van der Waals surface area contributed by atoms with Crippen LogP contribution in [-0.4, -0.2) is 17.0 Å². The van der Waals surface area contributed by atoms with E-state index < -0.39 is 0 Å². The number of hydrogen-bond acceptors (Lipinski definition) is 4. The maximum Gasteiger partial charge on any atom is 0.225 e. The molecule has 1 aromatic carbocycles. The summed E-state index contributed by atoms with van der Waals surface area (Å²) in [5, 5.41) is 4.06. The molecule has 2 aromatic rings. The lowest BCUT2D eigenvalue weighted by molar-refractivity contribution is 1.09. The van der Waals surface area contributed by atoms with Gasteiger partial charge in [0, 0.05) is 17.0 Å². The van der Waals surface area contributed by atoms with Gasteiger partial charge < -0.3 is 5.32 Å². The number of benzene rings is 1. The van der Waals surface area contributed by atoms with Gasteiger partial charge in [0.2, 0.25) is 5.95 Å². The van der Waals surface area contributed by atoms with E-state index in [1.165, 1.54) is 11.8 Å². The Morgan fingerprint density at radius 2 is 1.78 bits per heavy atom. The fourth-order valence-electron chi connectivity index (χ4n) is 1.24. The molecule has 0 fully saturated rings. The first-order valence-corrected chi connectivity index (χ1v) is 6.89. The predicted molar refractivity (Wildman–Crippen MR) is 77.2 cm³/mol. The van der Waals surface area contributed by atoms with Crippen LogP contribution in [0.3, 0.4) is 0 Å². The van der Waals surface area contributed by atoms with Gasteiger partial charge in [0.1, 0.15) is 10.3 Å². The van der Waals surface area contributed by atoms with Gasteiger partial charge >= 0.3 is 0 Å². The Hall–Kier alpha value is -0.680. The quantitative estimate of drug-likeness (QED) is 0.837. The molecule has 0 aliphatic carbocycles. The zero-order chi connectivity index (χ0) is 13.1. The molecule has 1 aromatic heterocycles. The van der Waals surface area contributed by atoms with Crippen LogP contribution >= 0.6 is 46.6 Å². The molecular weight excluding hydrogens is 313 g/mol. The number of nitrogens with zero attached hydrogens (tertiary/aromatic N) is 2. The zero-order valence-corrected chi connectivity index (χ0v) is 12.3. The van der Waals surface area contributed by atoms with Crippen LogP contribution in [0.2, 0.25) is 15.3 Å². The van der Waals surface area contributed by atoms with Crippen LogP contribution in [-0.2, 0) is 0 Å². The van der Waals surface area contributed by atoms with E-state index in [4.69, 9.17) is 34.8 Å². The lowest BCUT2D eigenvalue weighted by Gasteiger charge is -2.07. The molecule has 7 heteroatoms. The molecule has 1 heterocycles. The largest absolute Gasteiger partial charge is 0.357 e. The number of anilines is 1.